The van der Waals surface area contributed by atoms with Crippen LogP contribution >= 0.6 is 0 Å². The summed E-state index contributed by atoms with van der Waals surface area (Å²) in [5.74, 6) is 0. The molecule has 0 spiro atoms. The summed E-state index contributed by atoms with van der Waals surface area (Å²) in [6.07, 6.45) is -2.75. The van der Waals surface area contributed by atoms with E-state index in [0.29, 0.717) is 0 Å². The van der Waals surface area contributed by atoms with Gasteiger partial charge in [0.05, 0.1) is 13.2 Å². The van der Waals surface area contributed by atoms with E-state index in [1.165, 1.54) is 12.3 Å². The fourth-order valence-corrected chi connectivity index (χ4v) is 1.41. The first kappa shape index (κ1) is 8.62. The number of alkyl halides is 3. The van der Waals surface area contributed by atoms with Gasteiger partial charge in [-0.2, -0.15) is 13.2 Å². The van der Waals surface area contributed by atoms with Crippen molar-refractivity contribution in [2.45, 2.75) is 11.6 Å². The Kier molecular flexibility index (Phi) is 1.66. The van der Waals surface area contributed by atoms with Gasteiger partial charge in [0.1, 0.15) is 0 Å². The summed E-state index contributed by atoms with van der Waals surface area (Å²) in [6, 6.07) is 3.00. The molecule has 2 heterocycles. The zero-order chi connectivity index (χ0) is 9.53. The van der Waals surface area contributed by atoms with Crippen LogP contribution in [0.2, 0.25) is 0 Å². The summed E-state index contributed by atoms with van der Waals surface area (Å²) in [5, 5.41) is 0. The first-order valence-electron chi connectivity index (χ1n) is 3.85. The highest BCUT2D eigenvalue weighted by Crippen LogP contribution is 2.45. The van der Waals surface area contributed by atoms with E-state index in [-0.39, 0.29) is 18.9 Å². The van der Waals surface area contributed by atoms with Gasteiger partial charge >= 0.3 is 6.18 Å². The lowest BCUT2D eigenvalue weighted by Crippen LogP contribution is -2.57. The van der Waals surface area contributed by atoms with Gasteiger partial charge in [-0.25, -0.2) is 0 Å². The van der Waals surface area contributed by atoms with Gasteiger partial charge in [-0.05, 0) is 12.1 Å². The fourth-order valence-electron chi connectivity index (χ4n) is 1.41. The average Bonchev–Trinajstić information content (AvgIpc) is 2.32. The Morgan fingerprint density at radius 1 is 1.38 bits per heavy atom. The summed E-state index contributed by atoms with van der Waals surface area (Å²) in [5.41, 5.74) is -1.61. The Hall–Kier alpha value is -0.970. The van der Waals surface area contributed by atoms with Crippen LogP contribution in [0.3, 0.4) is 0 Å². The normalized spacial score (nSPS) is 21.2. The van der Waals surface area contributed by atoms with Crippen LogP contribution in [0.15, 0.2) is 18.3 Å². The van der Waals surface area contributed by atoms with E-state index in [4.69, 9.17) is 0 Å². The third-order valence-corrected chi connectivity index (χ3v) is 2.35. The molecule has 1 saturated heterocycles. The molecule has 5 heteroatoms. The Balaban J connectivity index is 2.37. The Bertz CT molecular complexity index is 287. The van der Waals surface area contributed by atoms with E-state index in [9.17, 15) is 13.2 Å². The lowest BCUT2D eigenvalue weighted by molar-refractivity contribution is -0.263. The van der Waals surface area contributed by atoms with Crippen molar-refractivity contribution in [3.8, 4) is 0 Å². The summed E-state index contributed by atoms with van der Waals surface area (Å²) >= 11 is 0. The van der Waals surface area contributed by atoms with Crippen molar-refractivity contribution in [3.05, 3.63) is 24.0 Å². The van der Waals surface area contributed by atoms with E-state index in [0.717, 1.165) is 0 Å². The maximum atomic E-state index is 12.6. The van der Waals surface area contributed by atoms with Crippen LogP contribution in [0, 0.1) is 0 Å². The molecule has 0 aliphatic carbocycles. The molecule has 0 bridgehead atoms. The van der Waals surface area contributed by atoms with Crippen molar-refractivity contribution >= 4 is 0 Å². The molecule has 0 aromatic carbocycles. The molecule has 1 aliphatic heterocycles. The molecule has 1 aliphatic rings. The quantitative estimate of drug-likeness (QED) is 0.719. The van der Waals surface area contributed by atoms with Crippen molar-refractivity contribution in [1.29, 1.82) is 0 Å². The van der Waals surface area contributed by atoms with Gasteiger partial charge in [-0.1, -0.05) is 0 Å². The van der Waals surface area contributed by atoms with Crippen LogP contribution in [-0.4, -0.2) is 24.4 Å². The number of aromatic amines is 1. The van der Waals surface area contributed by atoms with Crippen LogP contribution in [0.25, 0.3) is 0 Å². The summed E-state index contributed by atoms with van der Waals surface area (Å²) in [6.45, 7) is -0.561. The molecule has 2 nitrogen and oxygen atoms in total. The van der Waals surface area contributed by atoms with Crippen molar-refractivity contribution in [1.82, 2.24) is 4.98 Å². The molecule has 0 radical (unpaired) electrons. The van der Waals surface area contributed by atoms with Gasteiger partial charge in [0.25, 0.3) is 0 Å². The van der Waals surface area contributed by atoms with Gasteiger partial charge in [-0.15, -0.1) is 0 Å². The molecular weight excluding hydrogens is 183 g/mol. The number of nitrogens with one attached hydrogen (secondary N) is 1. The molecule has 72 valence electrons. The number of ether oxygens (including phenoxy) is 1. The molecule has 0 unspecified atom stereocenters. The SMILES string of the molecule is FC(F)(F)C1(c2ccc[nH]2)COC1. The summed E-state index contributed by atoms with van der Waals surface area (Å²) in [4.78, 5) is 2.59. The average molecular weight is 191 g/mol. The van der Waals surface area contributed by atoms with Crippen molar-refractivity contribution in [2.75, 3.05) is 13.2 Å². The molecule has 0 saturated carbocycles. The highest BCUT2D eigenvalue weighted by Gasteiger charge is 2.61. The maximum Gasteiger partial charge on any atom is 0.404 e. The second kappa shape index (κ2) is 2.51. The molecule has 1 N–H and O–H groups in total. The monoisotopic (exact) mass is 191 g/mol. The Morgan fingerprint density at radius 2 is 2.08 bits per heavy atom. The van der Waals surface area contributed by atoms with Crippen LogP contribution in [-0.2, 0) is 10.2 Å². The van der Waals surface area contributed by atoms with E-state index < -0.39 is 11.6 Å². The number of H-pyrrole nitrogens is 1. The third kappa shape index (κ3) is 1.07. The van der Waals surface area contributed by atoms with Gasteiger partial charge < -0.3 is 9.72 Å². The molecule has 2 rings (SSSR count). The topological polar surface area (TPSA) is 25.0 Å². The molecule has 1 fully saturated rings. The zero-order valence-corrected chi connectivity index (χ0v) is 6.69. The number of hydrogen-bond acceptors (Lipinski definition) is 1. The molecule has 0 amide bonds. The van der Waals surface area contributed by atoms with Gasteiger partial charge in [0.2, 0.25) is 0 Å². The standard InChI is InChI=1S/C8H8F3NO/c9-8(10,11)7(4-13-5-7)6-2-1-3-12-6/h1-3,12H,4-5H2. The van der Waals surface area contributed by atoms with E-state index in [1.54, 1.807) is 6.07 Å². The largest absolute Gasteiger partial charge is 0.404 e. The van der Waals surface area contributed by atoms with Crippen molar-refractivity contribution in [3.63, 3.8) is 0 Å². The minimum absolute atomic E-state index is 0.186. The maximum absolute atomic E-state index is 12.6. The van der Waals surface area contributed by atoms with Crippen molar-refractivity contribution in [2.24, 2.45) is 0 Å². The predicted octanol–water partition coefficient (Wildman–Crippen LogP) is 1.84. The summed E-state index contributed by atoms with van der Waals surface area (Å²) < 4.78 is 42.5. The smallest absolute Gasteiger partial charge is 0.379 e. The van der Waals surface area contributed by atoms with Crippen LogP contribution in [0.1, 0.15) is 5.69 Å². The second-order valence-electron chi connectivity index (χ2n) is 3.16. The summed E-state index contributed by atoms with van der Waals surface area (Å²) in [7, 11) is 0. The highest BCUT2D eigenvalue weighted by molar-refractivity contribution is 5.23. The Morgan fingerprint density at radius 3 is 2.38 bits per heavy atom. The number of hydrogen-bond donors (Lipinski definition) is 1. The fraction of sp³-hybridized carbons (Fsp3) is 0.500. The Labute approximate surface area is 72.7 Å². The first-order valence-corrected chi connectivity index (χ1v) is 3.85. The van der Waals surface area contributed by atoms with Crippen LogP contribution < -0.4 is 0 Å². The number of rotatable bonds is 1. The minimum Gasteiger partial charge on any atom is -0.379 e. The second-order valence-corrected chi connectivity index (χ2v) is 3.16. The van der Waals surface area contributed by atoms with Gasteiger partial charge in [0, 0.05) is 11.9 Å². The molecule has 13 heavy (non-hydrogen) atoms. The zero-order valence-electron chi connectivity index (χ0n) is 6.69. The highest BCUT2D eigenvalue weighted by atomic mass is 19.4. The van der Waals surface area contributed by atoms with Gasteiger partial charge in [-0.3, -0.25) is 0 Å². The van der Waals surface area contributed by atoms with Crippen LogP contribution in [0.5, 0.6) is 0 Å². The lowest BCUT2D eigenvalue weighted by Gasteiger charge is -2.41. The van der Waals surface area contributed by atoms with Crippen molar-refractivity contribution < 1.29 is 17.9 Å². The van der Waals surface area contributed by atoms with E-state index >= 15 is 0 Å². The van der Waals surface area contributed by atoms with E-state index in [2.05, 4.69) is 9.72 Å². The molecule has 0 atom stereocenters. The molecule has 1 aromatic heterocycles. The molecular formula is C8H8F3NO. The molecule has 1 aromatic rings. The third-order valence-electron chi connectivity index (χ3n) is 2.35. The lowest BCUT2D eigenvalue weighted by atomic mass is 9.82. The van der Waals surface area contributed by atoms with Crippen LogP contribution in [0.4, 0.5) is 13.2 Å². The number of aromatic nitrogens is 1. The minimum atomic E-state index is -4.24. The first-order chi connectivity index (χ1) is 6.06. The van der Waals surface area contributed by atoms with Gasteiger partial charge in [0.15, 0.2) is 5.41 Å². The number of halogens is 3. The predicted molar refractivity (Wildman–Crippen MR) is 39.3 cm³/mol. The van der Waals surface area contributed by atoms with E-state index in [1.807, 2.05) is 0 Å².